The summed E-state index contributed by atoms with van der Waals surface area (Å²) in [5.41, 5.74) is 8.01. The number of halogens is 1. The van der Waals surface area contributed by atoms with E-state index in [2.05, 4.69) is 67.9 Å². The first-order chi connectivity index (χ1) is 35.2. The second-order valence-corrected chi connectivity index (χ2v) is 24.4. The summed E-state index contributed by atoms with van der Waals surface area (Å²) in [4.78, 5) is 76.7. The SMILES string of the molecule is Cc1ncsc1-c1ccc([C@H](C)NC(=O)[C@@H]2C[C@@H](O)CN2C(=O)[C@@H](NC(=O)CN2C[C@H](C)N(C3CCN(C(=O)C[C@@H]4N=C(c5ccc(Cl)cc5)c5c(sc(C)c5C)-n5c(C)nnc54)CC3)C[C@H]2C)C(C)(C)C)cc1. The van der Waals surface area contributed by atoms with Gasteiger partial charge in [0, 0.05) is 78.3 Å². The maximum atomic E-state index is 14.5. The van der Waals surface area contributed by atoms with Gasteiger partial charge in [0.05, 0.1) is 46.9 Å². The molecular formula is C55H70ClN11O5S2. The van der Waals surface area contributed by atoms with E-state index in [-0.39, 0.29) is 73.7 Å². The van der Waals surface area contributed by atoms with Crippen LogP contribution in [0, 0.1) is 33.1 Å². The third-order valence-corrected chi connectivity index (χ3v) is 18.0. The van der Waals surface area contributed by atoms with E-state index in [1.54, 1.807) is 22.7 Å². The molecule has 74 heavy (non-hydrogen) atoms. The van der Waals surface area contributed by atoms with E-state index in [1.807, 2.05) is 100 Å². The standard InChI is InChI=1S/C55H70ClN11O5S2/c1-30-26-65(41-19-21-63(22-20-41)46(70)24-43-51-62-61-36(7)67(51)54-47(32(3)35(6)74-54)48(59-43)38-15-17-40(56)18-16-38)31(2)25-64(30)28-45(69)60-50(55(8,9)10)53(72)66-27-42(68)23-44(66)52(71)58-33(4)37-11-13-39(14-12-37)49-34(5)57-29-73-49/h11-18,29-31,33,41-44,50,68H,19-28H2,1-10H3,(H,58,71)(H,60,69)/t30-,31+,33+,42-,43+,44+,50-/m1/s1. The lowest BCUT2D eigenvalue weighted by atomic mass is 9.85. The molecule has 4 aliphatic heterocycles. The Hall–Kier alpha value is -5.37. The van der Waals surface area contributed by atoms with E-state index in [9.17, 15) is 24.3 Å². The second-order valence-electron chi connectivity index (χ2n) is 21.9. The van der Waals surface area contributed by atoms with Gasteiger partial charge < -0.3 is 25.5 Å². The number of aryl methyl sites for hydroxylation is 3. The molecule has 9 rings (SSSR count). The maximum absolute atomic E-state index is 14.5. The highest BCUT2D eigenvalue weighted by molar-refractivity contribution is 7.15. The number of aliphatic hydroxyl groups excluding tert-OH is 1. The molecule has 5 aromatic rings. The van der Waals surface area contributed by atoms with Crippen LogP contribution >= 0.6 is 34.3 Å². The highest BCUT2D eigenvalue weighted by Crippen LogP contribution is 2.40. The second kappa shape index (κ2) is 21.7. The lowest BCUT2D eigenvalue weighted by Gasteiger charge is -2.49. The Morgan fingerprint density at radius 1 is 0.892 bits per heavy atom. The molecule has 7 atom stereocenters. The molecule has 4 amide bonds. The Balaban J connectivity index is 0.792. The van der Waals surface area contributed by atoms with E-state index in [1.165, 1.54) is 9.78 Å². The maximum Gasteiger partial charge on any atom is 0.246 e. The molecule has 7 heterocycles. The fourth-order valence-electron chi connectivity index (χ4n) is 11.2. The molecular weight excluding hydrogens is 994 g/mol. The molecule has 19 heteroatoms. The Bertz CT molecular complexity index is 2920. The third kappa shape index (κ3) is 11.0. The largest absolute Gasteiger partial charge is 0.391 e. The van der Waals surface area contributed by atoms with Crippen molar-refractivity contribution in [2.45, 2.75) is 143 Å². The molecule has 0 unspecified atom stereocenters. The van der Waals surface area contributed by atoms with Crippen LogP contribution in [-0.4, -0.2) is 149 Å². The first kappa shape index (κ1) is 53.5. The van der Waals surface area contributed by atoms with Crippen LogP contribution in [0.15, 0.2) is 59.0 Å². The number of nitrogens with one attached hydrogen (secondary N) is 2. The predicted molar refractivity (Wildman–Crippen MR) is 291 cm³/mol. The summed E-state index contributed by atoms with van der Waals surface area (Å²) in [5, 5.41) is 27.7. The van der Waals surface area contributed by atoms with E-state index in [4.69, 9.17) is 16.6 Å². The number of carbonyl (C=O) groups is 4. The Morgan fingerprint density at radius 2 is 1.58 bits per heavy atom. The predicted octanol–water partition coefficient (Wildman–Crippen LogP) is 7.38. The number of hydrogen-bond donors (Lipinski definition) is 3. The van der Waals surface area contributed by atoms with Crippen LogP contribution in [-0.2, 0) is 19.2 Å². The Labute approximate surface area is 447 Å². The number of piperazine rings is 1. The number of thiazole rings is 1. The Morgan fingerprint density at radius 3 is 2.24 bits per heavy atom. The van der Waals surface area contributed by atoms with Gasteiger partial charge in [0.2, 0.25) is 23.6 Å². The summed E-state index contributed by atoms with van der Waals surface area (Å²) in [7, 11) is 0. The first-order valence-corrected chi connectivity index (χ1v) is 28.0. The quantitative estimate of drug-likeness (QED) is 0.114. The minimum Gasteiger partial charge on any atom is -0.391 e. The topological polar surface area (TPSA) is 181 Å². The summed E-state index contributed by atoms with van der Waals surface area (Å²) in [6.07, 6.45) is 1.07. The fraction of sp³-hybridized carbons (Fsp3) is 0.527. The lowest BCUT2D eigenvalue weighted by molar-refractivity contribution is -0.144. The van der Waals surface area contributed by atoms with E-state index < -0.39 is 29.6 Å². The van der Waals surface area contributed by atoms with Gasteiger partial charge in [-0.1, -0.05) is 68.8 Å². The van der Waals surface area contributed by atoms with E-state index in [0.29, 0.717) is 30.5 Å². The molecule has 4 aliphatic rings. The van der Waals surface area contributed by atoms with Gasteiger partial charge in [-0.3, -0.25) is 38.5 Å². The third-order valence-electron chi connectivity index (χ3n) is 15.6. The Kier molecular flexibility index (Phi) is 15.7. The number of aliphatic imine (C=N–C) groups is 1. The molecule has 16 nitrogen and oxygen atoms in total. The van der Waals surface area contributed by atoms with Crippen LogP contribution in [0.2, 0.25) is 5.02 Å². The van der Waals surface area contributed by atoms with Crippen molar-refractivity contribution in [2.75, 3.05) is 39.3 Å². The zero-order valence-electron chi connectivity index (χ0n) is 44.2. The number of β-amino-alcohol motifs (C(OH)–C–C–N with tert-alkyl or cyclic N) is 1. The van der Waals surface area contributed by atoms with Gasteiger partial charge in [-0.25, -0.2) is 4.98 Å². The highest BCUT2D eigenvalue weighted by atomic mass is 35.5. The van der Waals surface area contributed by atoms with Crippen LogP contribution < -0.4 is 10.6 Å². The number of hydrogen-bond acceptors (Lipinski definition) is 13. The van der Waals surface area contributed by atoms with Gasteiger partial charge in [0.15, 0.2) is 5.82 Å². The van der Waals surface area contributed by atoms with E-state index >= 15 is 0 Å². The molecule has 3 saturated heterocycles. The monoisotopic (exact) mass is 1060 g/mol. The van der Waals surface area contributed by atoms with Crippen molar-refractivity contribution >= 4 is 63.6 Å². The molecule has 0 radical (unpaired) electrons. The summed E-state index contributed by atoms with van der Waals surface area (Å²) in [6, 6.07) is 13.5. The number of fused-ring (bicyclic) bond motifs is 3. The zero-order valence-corrected chi connectivity index (χ0v) is 46.6. The zero-order chi connectivity index (χ0) is 52.9. The fourth-order valence-corrected chi connectivity index (χ4v) is 13.4. The number of aliphatic hydroxyl groups is 1. The van der Waals surface area contributed by atoms with Crippen molar-refractivity contribution < 1.29 is 24.3 Å². The lowest BCUT2D eigenvalue weighted by Crippen LogP contribution is -2.63. The smallest absolute Gasteiger partial charge is 0.246 e. The van der Waals surface area contributed by atoms with Crippen molar-refractivity contribution in [3.05, 3.63) is 104 Å². The van der Waals surface area contributed by atoms with Crippen LogP contribution in [0.25, 0.3) is 15.4 Å². The summed E-state index contributed by atoms with van der Waals surface area (Å²) in [6.45, 7) is 22.9. The average molecular weight is 1060 g/mol. The van der Waals surface area contributed by atoms with Gasteiger partial charge in [-0.2, -0.15) is 0 Å². The number of carbonyl (C=O) groups excluding carboxylic acids is 4. The van der Waals surface area contributed by atoms with Crippen LogP contribution in [0.5, 0.6) is 0 Å². The number of rotatable bonds is 12. The van der Waals surface area contributed by atoms with Gasteiger partial charge in [-0.05, 0) is 95.5 Å². The molecule has 3 N–H and O–H groups in total. The average Bonchev–Trinajstić information content (AvgIpc) is 4.13. The van der Waals surface area contributed by atoms with Crippen LogP contribution in [0.1, 0.15) is 124 Å². The number of aromatic nitrogens is 4. The van der Waals surface area contributed by atoms with Crippen molar-refractivity contribution in [3.63, 3.8) is 0 Å². The van der Waals surface area contributed by atoms with Gasteiger partial charge in [-0.15, -0.1) is 32.9 Å². The molecule has 0 aliphatic carbocycles. The summed E-state index contributed by atoms with van der Waals surface area (Å²) < 4.78 is 2.08. The normalized spacial score (nSPS) is 22.6. The minimum absolute atomic E-state index is 0.000970. The molecule has 0 bridgehead atoms. The van der Waals surface area contributed by atoms with Gasteiger partial charge in [0.1, 0.15) is 29.0 Å². The number of amides is 4. The van der Waals surface area contributed by atoms with E-state index in [0.717, 1.165) is 74.3 Å². The molecule has 394 valence electrons. The number of benzene rings is 2. The van der Waals surface area contributed by atoms with Crippen LogP contribution in [0.3, 0.4) is 0 Å². The molecule has 3 aromatic heterocycles. The van der Waals surface area contributed by atoms with Gasteiger partial charge in [0.25, 0.3) is 0 Å². The van der Waals surface area contributed by atoms with Crippen molar-refractivity contribution in [1.82, 2.24) is 50.0 Å². The van der Waals surface area contributed by atoms with Crippen molar-refractivity contribution in [3.8, 4) is 15.4 Å². The number of nitrogens with zero attached hydrogens (tertiary/aromatic N) is 9. The molecule has 0 saturated carbocycles. The van der Waals surface area contributed by atoms with Crippen molar-refractivity contribution in [2.24, 2.45) is 10.4 Å². The summed E-state index contributed by atoms with van der Waals surface area (Å²) >= 11 is 9.59. The molecule has 3 fully saturated rings. The first-order valence-electron chi connectivity index (χ1n) is 25.9. The molecule has 2 aromatic carbocycles. The number of likely N-dealkylation sites (tertiary alicyclic amines) is 2. The molecule has 0 spiro atoms. The number of piperidine rings is 1. The highest BCUT2D eigenvalue weighted by Gasteiger charge is 2.45. The van der Waals surface area contributed by atoms with Crippen molar-refractivity contribution in [1.29, 1.82) is 0 Å². The minimum atomic E-state index is -0.929. The van der Waals surface area contributed by atoms with Gasteiger partial charge >= 0.3 is 0 Å². The summed E-state index contributed by atoms with van der Waals surface area (Å²) in [5.74, 6) is 0.455. The van der Waals surface area contributed by atoms with Crippen LogP contribution in [0.4, 0.5) is 0 Å². The number of thiophene rings is 1.